The van der Waals surface area contributed by atoms with Crippen molar-refractivity contribution in [3.63, 3.8) is 0 Å². The summed E-state index contributed by atoms with van der Waals surface area (Å²) in [6, 6.07) is 6.00. The first-order valence-corrected chi connectivity index (χ1v) is 9.21. The van der Waals surface area contributed by atoms with Crippen LogP contribution < -0.4 is 0 Å². The van der Waals surface area contributed by atoms with Crippen molar-refractivity contribution in [3.8, 4) is 0 Å². The van der Waals surface area contributed by atoms with E-state index in [0.29, 0.717) is 12.8 Å². The molecule has 0 unspecified atom stereocenters. The van der Waals surface area contributed by atoms with Crippen molar-refractivity contribution in [1.82, 2.24) is 29.3 Å². The van der Waals surface area contributed by atoms with Crippen LogP contribution in [-0.4, -0.2) is 41.7 Å². The van der Waals surface area contributed by atoms with Crippen LogP contribution in [0, 0.1) is 6.92 Å². The summed E-state index contributed by atoms with van der Waals surface area (Å²) < 4.78 is 3.62. The van der Waals surface area contributed by atoms with E-state index in [2.05, 4.69) is 10.2 Å². The lowest BCUT2D eigenvalue weighted by atomic mass is 9.98. The molecule has 1 saturated heterocycles. The second-order valence-corrected chi connectivity index (χ2v) is 6.99. The third kappa shape index (κ3) is 3.21. The molecule has 1 fully saturated rings. The van der Waals surface area contributed by atoms with Gasteiger partial charge in [0.2, 0.25) is 5.91 Å². The maximum Gasteiger partial charge on any atom is 0.223 e. The Labute approximate surface area is 152 Å². The van der Waals surface area contributed by atoms with E-state index in [1.165, 1.54) is 0 Å². The van der Waals surface area contributed by atoms with Gasteiger partial charge in [0.1, 0.15) is 0 Å². The van der Waals surface area contributed by atoms with Crippen LogP contribution in [0.1, 0.15) is 48.8 Å². The number of amides is 1. The van der Waals surface area contributed by atoms with Crippen LogP contribution in [0.4, 0.5) is 0 Å². The quantitative estimate of drug-likeness (QED) is 0.723. The number of aryl methyl sites for hydroxylation is 3. The largest absolute Gasteiger partial charge is 0.334 e. The third-order valence-corrected chi connectivity index (χ3v) is 5.15. The van der Waals surface area contributed by atoms with Crippen molar-refractivity contribution >= 4 is 11.6 Å². The van der Waals surface area contributed by atoms with Crippen molar-refractivity contribution in [1.29, 1.82) is 0 Å². The standard InChI is InChI=1S/C19H24N6O/c1-14-13-18-21-16(9-12-25(18)22-14)17-5-3-4-11-24(17)19(26)7-6-15-8-10-20-23(15)2/h8-10,12-13,17H,3-7,11H2,1-2H3/t17-/m0/s1. The van der Waals surface area contributed by atoms with E-state index in [-0.39, 0.29) is 11.9 Å². The summed E-state index contributed by atoms with van der Waals surface area (Å²) in [5.74, 6) is 0.197. The Hall–Kier alpha value is -2.70. The van der Waals surface area contributed by atoms with Gasteiger partial charge in [-0.15, -0.1) is 0 Å². The predicted molar refractivity (Wildman–Crippen MR) is 97.6 cm³/mol. The topological polar surface area (TPSA) is 68.3 Å². The lowest BCUT2D eigenvalue weighted by Gasteiger charge is -2.35. The zero-order chi connectivity index (χ0) is 18.1. The van der Waals surface area contributed by atoms with Gasteiger partial charge >= 0.3 is 0 Å². The molecule has 1 atom stereocenters. The molecule has 7 heteroatoms. The highest BCUT2D eigenvalue weighted by molar-refractivity contribution is 5.77. The van der Waals surface area contributed by atoms with E-state index in [4.69, 9.17) is 4.98 Å². The van der Waals surface area contributed by atoms with Gasteiger partial charge in [-0.2, -0.15) is 10.2 Å². The van der Waals surface area contributed by atoms with Gasteiger partial charge in [0, 0.05) is 44.2 Å². The monoisotopic (exact) mass is 352 g/mol. The fourth-order valence-corrected chi connectivity index (χ4v) is 3.76. The van der Waals surface area contributed by atoms with Crippen LogP contribution in [0.25, 0.3) is 5.65 Å². The van der Waals surface area contributed by atoms with E-state index < -0.39 is 0 Å². The molecule has 136 valence electrons. The maximum atomic E-state index is 12.9. The van der Waals surface area contributed by atoms with Crippen molar-refractivity contribution in [2.24, 2.45) is 7.05 Å². The molecule has 3 aromatic rings. The number of fused-ring (bicyclic) bond motifs is 1. The summed E-state index contributed by atoms with van der Waals surface area (Å²) >= 11 is 0. The number of likely N-dealkylation sites (tertiary alicyclic amines) is 1. The molecular formula is C19H24N6O. The number of carbonyl (C=O) groups is 1. The number of nitrogens with zero attached hydrogens (tertiary/aromatic N) is 6. The predicted octanol–water partition coefficient (Wildman–Crippen LogP) is 2.46. The Morgan fingerprint density at radius 3 is 3.00 bits per heavy atom. The average molecular weight is 352 g/mol. The van der Waals surface area contributed by atoms with Crippen molar-refractivity contribution in [2.45, 2.75) is 45.1 Å². The van der Waals surface area contributed by atoms with Crippen molar-refractivity contribution in [2.75, 3.05) is 6.54 Å². The first-order valence-electron chi connectivity index (χ1n) is 9.21. The molecule has 26 heavy (non-hydrogen) atoms. The Morgan fingerprint density at radius 1 is 1.31 bits per heavy atom. The highest BCUT2D eigenvalue weighted by Crippen LogP contribution is 2.30. The highest BCUT2D eigenvalue weighted by atomic mass is 16.2. The smallest absolute Gasteiger partial charge is 0.223 e. The van der Waals surface area contributed by atoms with Gasteiger partial charge in [-0.05, 0) is 44.7 Å². The molecule has 0 aromatic carbocycles. The van der Waals surface area contributed by atoms with Gasteiger partial charge in [0.25, 0.3) is 0 Å². The third-order valence-electron chi connectivity index (χ3n) is 5.15. The molecule has 4 heterocycles. The SMILES string of the molecule is Cc1cc2nc([C@@H]3CCCCN3C(=O)CCc3ccnn3C)ccn2n1. The number of piperidine rings is 1. The molecule has 1 amide bonds. The summed E-state index contributed by atoms with van der Waals surface area (Å²) in [5, 5.41) is 8.56. The fraction of sp³-hybridized carbons (Fsp3) is 0.474. The molecule has 1 aliphatic heterocycles. The molecule has 0 N–H and O–H groups in total. The minimum absolute atomic E-state index is 0.0583. The van der Waals surface area contributed by atoms with Gasteiger partial charge in [-0.25, -0.2) is 9.50 Å². The molecule has 3 aromatic heterocycles. The summed E-state index contributed by atoms with van der Waals surface area (Å²) in [6.45, 7) is 2.77. The molecule has 0 radical (unpaired) electrons. The molecule has 0 bridgehead atoms. The van der Waals surface area contributed by atoms with Gasteiger partial charge in [-0.1, -0.05) is 0 Å². The van der Waals surface area contributed by atoms with E-state index >= 15 is 0 Å². The minimum atomic E-state index is 0.0583. The Morgan fingerprint density at radius 2 is 2.19 bits per heavy atom. The van der Waals surface area contributed by atoms with Crippen LogP contribution in [-0.2, 0) is 18.3 Å². The van der Waals surface area contributed by atoms with Crippen LogP contribution in [0.2, 0.25) is 0 Å². The van der Waals surface area contributed by atoms with Crippen LogP contribution in [0.15, 0.2) is 30.6 Å². The second kappa shape index (κ2) is 6.90. The second-order valence-electron chi connectivity index (χ2n) is 6.99. The Balaban J connectivity index is 1.53. The first-order chi connectivity index (χ1) is 12.6. The molecule has 4 rings (SSSR count). The van der Waals surface area contributed by atoms with Gasteiger partial charge < -0.3 is 4.90 Å². The van der Waals surface area contributed by atoms with Crippen LogP contribution in [0.3, 0.4) is 0 Å². The molecule has 0 spiro atoms. The number of hydrogen-bond donors (Lipinski definition) is 0. The molecule has 7 nitrogen and oxygen atoms in total. The zero-order valence-electron chi connectivity index (χ0n) is 15.3. The number of hydrogen-bond acceptors (Lipinski definition) is 4. The van der Waals surface area contributed by atoms with Crippen LogP contribution >= 0.6 is 0 Å². The van der Waals surface area contributed by atoms with Crippen LogP contribution in [0.5, 0.6) is 0 Å². The Kier molecular flexibility index (Phi) is 4.44. The molecule has 0 aliphatic carbocycles. The van der Waals surface area contributed by atoms with Crippen molar-refractivity contribution < 1.29 is 4.79 Å². The minimum Gasteiger partial charge on any atom is -0.334 e. The van der Waals surface area contributed by atoms with E-state index in [0.717, 1.165) is 48.5 Å². The van der Waals surface area contributed by atoms with Gasteiger partial charge in [0.05, 0.1) is 17.4 Å². The number of carbonyl (C=O) groups excluding carboxylic acids is 1. The summed E-state index contributed by atoms with van der Waals surface area (Å²) in [5.41, 5.74) is 3.84. The zero-order valence-corrected chi connectivity index (χ0v) is 15.3. The first kappa shape index (κ1) is 16.8. The maximum absolute atomic E-state index is 12.9. The van der Waals surface area contributed by atoms with E-state index in [1.54, 1.807) is 10.7 Å². The normalized spacial score (nSPS) is 17.8. The fourth-order valence-electron chi connectivity index (χ4n) is 3.76. The lowest BCUT2D eigenvalue weighted by Crippen LogP contribution is -2.39. The molecular weight excluding hydrogens is 328 g/mol. The summed E-state index contributed by atoms with van der Waals surface area (Å²) in [4.78, 5) is 19.7. The number of rotatable bonds is 4. The van der Waals surface area contributed by atoms with Gasteiger partial charge in [-0.3, -0.25) is 9.48 Å². The van der Waals surface area contributed by atoms with Crippen molar-refractivity contribution in [3.05, 3.63) is 47.7 Å². The number of aromatic nitrogens is 5. The molecule has 1 aliphatic rings. The summed E-state index contributed by atoms with van der Waals surface area (Å²) in [6.07, 6.45) is 8.09. The van der Waals surface area contributed by atoms with Gasteiger partial charge in [0.15, 0.2) is 5.65 Å². The van der Waals surface area contributed by atoms with E-state index in [1.807, 2.05) is 47.9 Å². The lowest BCUT2D eigenvalue weighted by molar-refractivity contribution is -0.135. The highest BCUT2D eigenvalue weighted by Gasteiger charge is 2.29. The Bertz CT molecular complexity index is 927. The van der Waals surface area contributed by atoms with E-state index in [9.17, 15) is 4.79 Å². The average Bonchev–Trinajstić information content (AvgIpc) is 3.23. The summed E-state index contributed by atoms with van der Waals surface area (Å²) in [7, 11) is 1.91. The molecule has 0 saturated carbocycles.